The molecule has 3 rings (SSSR count). The van der Waals surface area contributed by atoms with E-state index in [0.29, 0.717) is 51.7 Å². The highest BCUT2D eigenvalue weighted by Crippen LogP contribution is 2.28. The summed E-state index contributed by atoms with van der Waals surface area (Å²) in [6.45, 7) is 3.55. The Kier molecular flexibility index (Phi) is 16.3. The molecule has 0 aliphatic rings. The number of hydrogen-bond donors (Lipinski definition) is 6. The number of carbonyl (C=O) groups excluding carboxylic acids is 3. The summed E-state index contributed by atoms with van der Waals surface area (Å²) in [7, 11) is 1.64. The second-order valence-electron chi connectivity index (χ2n) is 11.6. The van der Waals surface area contributed by atoms with Crippen LogP contribution in [0.15, 0.2) is 60.8 Å². The molecule has 1 aromatic heterocycles. The van der Waals surface area contributed by atoms with Gasteiger partial charge in [-0.3, -0.25) is 14.6 Å². The van der Waals surface area contributed by atoms with Crippen molar-refractivity contribution in [2.45, 2.75) is 83.0 Å². The number of alkyl carbamates (subject to hydrolysis) is 1. The minimum atomic E-state index is -0.872. The highest BCUT2D eigenvalue weighted by Gasteiger charge is 2.27. The van der Waals surface area contributed by atoms with Crippen LogP contribution in [-0.4, -0.2) is 67.8 Å². The third-order valence-corrected chi connectivity index (χ3v) is 7.78. The number of unbranched alkanes of at least 4 members (excludes halogenated alkanes) is 2. The fourth-order valence-electron chi connectivity index (χ4n) is 5.18. The van der Waals surface area contributed by atoms with Crippen molar-refractivity contribution in [3.63, 3.8) is 0 Å². The minimum Gasteiger partial charge on any atom is -0.497 e. The summed E-state index contributed by atoms with van der Waals surface area (Å²) in [5.41, 5.74) is 13.9. The van der Waals surface area contributed by atoms with E-state index in [0.717, 1.165) is 47.2 Å². The van der Waals surface area contributed by atoms with E-state index in [4.69, 9.17) is 20.9 Å². The SMILES string of the molecule is COc1cc(NC(C)CCCNC(=O)[C@@H](CCCCN)NC(=O)[C@@H](CCCCN)NC(=O)OCc2ccccc2)c2ncccc2c1. The quantitative estimate of drug-likeness (QED) is 0.0930. The molecule has 12 heteroatoms. The average Bonchev–Trinajstić information content (AvgIpc) is 3.08. The Labute approximate surface area is 277 Å². The third kappa shape index (κ3) is 13.1. The van der Waals surface area contributed by atoms with E-state index < -0.39 is 24.1 Å². The van der Waals surface area contributed by atoms with E-state index in [9.17, 15) is 14.4 Å². The number of nitrogens with two attached hydrogens (primary N) is 2. The van der Waals surface area contributed by atoms with Gasteiger partial charge in [0, 0.05) is 30.2 Å². The molecule has 0 aliphatic heterocycles. The molecule has 3 atom stereocenters. The lowest BCUT2D eigenvalue weighted by atomic mass is 10.1. The van der Waals surface area contributed by atoms with Crippen molar-refractivity contribution in [2.24, 2.45) is 11.5 Å². The predicted molar refractivity (Wildman–Crippen MR) is 185 cm³/mol. The van der Waals surface area contributed by atoms with Gasteiger partial charge in [-0.15, -0.1) is 0 Å². The molecular formula is C35H51N7O5. The van der Waals surface area contributed by atoms with Crippen molar-refractivity contribution in [3.05, 3.63) is 66.4 Å². The topological polar surface area (TPSA) is 183 Å². The smallest absolute Gasteiger partial charge is 0.408 e. The maximum absolute atomic E-state index is 13.4. The molecule has 0 radical (unpaired) electrons. The molecular weight excluding hydrogens is 598 g/mol. The Hall–Kier alpha value is -4.42. The van der Waals surface area contributed by atoms with Crippen molar-refractivity contribution in [3.8, 4) is 5.75 Å². The van der Waals surface area contributed by atoms with Crippen molar-refractivity contribution >= 4 is 34.5 Å². The number of nitrogens with zero attached hydrogens (tertiary/aromatic N) is 1. The number of carbonyl (C=O) groups is 3. The molecule has 0 saturated heterocycles. The Morgan fingerprint density at radius 1 is 0.830 bits per heavy atom. The summed E-state index contributed by atoms with van der Waals surface area (Å²) in [5.74, 6) is 0.0333. The van der Waals surface area contributed by atoms with Crippen LogP contribution in [0.1, 0.15) is 63.9 Å². The van der Waals surface area contributed by atoms with Crippen LogP contribution >= 0.6 is 0 Å². The monoisotopic (exact) mass is 649 g/mol. The van der Waals surface area contributed by atoms with Gasteiger partial charge < -0.3 is 42.2 Å². The number of anilines is 1. The van der Waals surface area contributed by atoms with Crippen molar-refractivity contribution in [1.29, 1.82) is 0 Å². The number of amides is 3. The lowest BCUT2D eigenvalue weighted by Gasteiger charge is -2.23. The average molecular weight is 650 g/mol. The number of pyridine rings is 1. The fraction of sp³-hybridized carbons (Fsp3) is 0.486. The lowest BCUT2D eigenvalue weighted by molar-refractivity contribution is -0.130. The zero-order valence-corrected chi connectivity index (χ0v) is 27.6. The van der Waals surface area contributed by atoms with Gasteiger partial charge in [-0.2, -0.15) is 0 Å². The van der Waals surface area contributed by atoms with Crippen molar-refractivity contribution in [2.75, 3.05) is 32.1 Å². The lowest BCUT2D eigenvalue weighted by Crippen LogP contribution is -2.54. The maximum Gasteiger partial charge on any atom is 0.408 e. The van der Waals surface area contributed by atoms with Gasteiger partial charge in [0.25, 0.3) is 0 Å². The molecule has 2 aromatic carbocycles. The Morgan fingerprint density at radius 3 is 2.21 bits per heavy atom. The Balaban J connectivity index is 1.54. The van der Waals surface area contributed by atoms with Crippen molar-refractivity contribution < 1.29 is 23.9 Å². The van der Waals surface area contributed by atoms with E-state index in [2.05, 4.69) is 33.2 Å². The van der Waals surface area contributed by atoms with Gasteiger partial charge in [-0.25, -0.2) is 4.79 Å². The van der Waals surface area contributed by atoms with E-state index in [1.165, 1.54) is 0 Å². The Bertz CT molecular complexity index is 1390. The summed E-state index contributed by atoms with van der Waals surface area (Å²) in [6.07, 6.45) is 6.08. The van der Waals surface area contributed by atoms with Crippen LogP contribution in [0, 0.1) is 0 Å². The van der Waals surface area contributed by atoms with Crippen LogP contribution < -0.4 is 37.5 Å². The minimum absolute atomic E-state index is 0.0785. The molecule has 0 aliphatic carbocycles. The normalized spacial score (nSPS) is 12.9. The maximum atomic E-state index is 13.4. The molecule has 47 heavy (non-hydrogen) atoms. The van der Waals surface area contributed by atoms with E-state index >= 15 is 0 Å². The predicted octanol–water partition coefficient (Wildman–Crippen LogP) is 3.98. The highest BCUT2D eigenvalue weighted by atomic mass is 16.5. The van der Waals surface area contributed by atoms with Gasteiger partial charge in [-0.1, -0.05) is 36.4 Å². The van der Waals surface area contributed by atoms with Crippen LogP contribution in [0.4, 0.5) is 10.5 Å². The largest absolute Gasteiger partial charge is 0.497 e. The van der Waals surface area contributed by atoms with Crippen LogP contribution in [0.2, 0.25) is 0 Å². The molecule has 0 fully saturated rings. The zero-order chi connectivity index (χ0) is 33.9. The number of methoxy groups -OCH3 is 1. The molecule has 12 nitrogen and oxygen atoms in total. The van der Waals surface area contributed by atoms with Gasteiger partial charge >= 0.3 is 6.09 Å². The molecule has 3 aromatic rings. The molecule has 0 spiro atoms. The van der Waals surface area contributed by atoms with Gasteiger partial charge in [0.05, 0.1) is 18.3 Å². The van der Waals surface area contributed by atoms with E-state index in [-0.39, 0.29) is 18.6 Å². The molecule has 8 N–H and O–H groups in total. The van der Waals surface area contributed by atoms with Gasteiger partial charge in [0.15, 0.2) is 0 Å². The second-order valence-corrected chi connectivity index (χ2v) is 11.6. The number of aromatic nitrogens is 1. The number of hydrogen-bond acceptors (Lipinski definition) is 9. The first-order chi connectivity index (χ1) is 22.8. The zero-order valence-electron chi connectivity index (χ0n) is 27.6. The van der Waals surface area contributed by atoms with Gasteiger partial charge in [0.2, 0.25) is 11.8 Å². The number of benzene rings is 2. The first kappa shape index (κ1) is 37.0. The van der Waals surface area contributed by atoms with Crippen LogP contribution in [0.25, 0.3) is 10.9 Å². The summed E-state index contributed by atoms with van der Waals surface area (Å²) in [4.78, 5) is 43.8. The van der Waals surface area contributed by atoms with Crippen LogP contribution in [0.5, 0.6) is 5.75 Å². The highest BCUT2D eigenvalue weighted by molar-refractivity contribution is 5.92. The molecule has 1 unspecified atom stereocenters. The molecule has 3 amide bonds. The van der Waals surface area contributed by atoms with Crippen LogP contribution in [-0.2, 0) is 20.9 Å². The van der Waals surface area contributed by atoms with Crippen molar-refractivity contribution in [1.82, 2.24) is 20.9 Å². The summed E-state index contributed by atoms with van der Waals surface area (Å²) >= 11 is 0. The standard InChI is InChI=1S/C35H51N7O5/c1-25(40-31-23-28(46-2)22-27-15-11-20-38-32(27)31)12-10-21-39-33(43)29(16-6-8-18-36)41-34(44)30(17-7-9-19-37)42-35(45)47-24-26-13-4-3-5-14-26/h3-5,11,13-15,20,22-23,25,29-30,40H,6-10,12,16-19,21,24,36-37H2,1-2H3,(H,39,43)(H,41,44)(H,42,45)/t25?,29-,30-/m1/s1. The summed E-state index contributed by atoms with van der Waals surface area (Å²) in [6, 6.07) is 15.5. The van der Waals surface area contributed by atoms with Gasteiger partial charge in [0.1, 0.15) is 24.4 Å². The summed E-state index contributed by atoms with van der Waals surface area (Å²) in [5, 5.41) is 13.0. The number of rotatable bonds is 21. The number of fused-ring (bicyclic) bond motifs is 1. The number of ether oxygens (including phenoxy) is 2. The summed E-state index contributed by atoms with van der Waals surface area (Å²) < 4.78 is 10.8. The molecule has 256 valence electrons. The number of nitrogens with one attached hydrogen (secondary N) is 4. The third-order valence-electron chi connectivity index (χ3n) is 7.78. The van der Waals surface area contributed by atoms with Crippen LogP contribution in [0.3, 0.4) is 0 Å². The Morgan fingerprint density at radius 2 is 1.53 bits per heavy atom. The second kappa shape index (κ2) is 20.7. The van der Waals surface area contributed by atoms with E-state index in [1.54, 1.807) is 13.3 Å². The molecule has 0 bridgehead atoms. The first-order valence-corrected chi connectivity index (χ1v) is 16.5. The molecule has 1 heterocycles. The first-order valence-electron chi connectivity index (χ1n) is 16.5. The van der Waals surface area contributed by atoms with E-state index in [1.807, 2.05) is 54.6 Å². The van der Waals surface area contributed by atoms with Gasteiger partial charge in [-0.05, 0) is 89.1 Å². The fourth-order valence-corrected chi connectivity index (χ4v) is 5.18. The molecule has 0 saturated carbocycles.